The Morgan fingerprint density at radius 1 is 1.24 bits per heavy atom. The van der Waals surface area contributed by atoms with Crippen molar-refractivity contribution in [1.29, 1.82) is 0 Å². The third kappa shape index (κ3) is 7.68. The van der Waals surface area contributed by atoms with E-state index in [2.05, 4.69) is 5.32 Å². The summed E-state index contributed by atoms with van der Waals surface area (Å²) in [7, 11) is 1.54. The molecule has 0 spiro atoms. The van der Waals surface area contributed by atoms with E-state index in [-0.39, 0.29) is 24.3 Å². The number of nitrogens with one attached hydrogen (secondary N) is 1. The van der Waals surface area contributed by atoms with Crippen LogP contribution in [0.25, 0.3) is 0 Å². The van der Waals surface area contributed by atoms with Crippen LogP contribution in [0.2, 0.25) is 0 Å². The Kier molecular flexibility index (Phi) is 7.39. The van der Waals surface area contributed by atoms with Gasteiger partial charge in [0.2, 0.25) is 11.8 Å². The summed E-state index contributed by atoms with van der Waals surface area (Å²) in [5.41, 5.74) is -0.607. The van der Waals surface area contributed by atoms with Crippen LogP contribution in [-0.2, 0) is 19.1 Å². The first-order valence-electron chi connectivity index (χ1n) is 7.21. The quantitative estimate of drug-likeness (QED) is 0.751. The molecule has 0 aromatic heterocycles. The Balaban J connectivity index is 4.82. The number of esters is 1. The van der Waals surface area contributed by atoms with Gasteiger partial charge >= 0.3 is 5.97 Å². The zero-order chi connectivity index (χ0) is 16.8. The topological polar surface area (TPSA) is 75.7 Å². The fourth-order valence-corrected chi connectivity index (χ4v) is 1.58. The van der Waals surface area contributed by atoms with Crippen molar-refractivity contribution in [3.8, 4) is 0 Å². The van der Waals surface area contributed by atoms with Gasteiger partial charge in [0.1, 0.15) is 11.6 Å². The fourth-order valence-electron chi connectivity index (χ4n) is 1.58. The molecular formula is C15H28N2O4. The second kappa shape index (κ2) is 8.00. The Bertz CT molecular complexity index is 388. The number of carbonyl (C=O) groups excluding carboxylic acids is 3. The Hall–Kier alpha value is -1.59. The summed E-state index contributed by atoms with van der Waals surface area (Å²) in [6, 6.07) is -0.706. The first-order valence-corrected chi connectivity index (χ1v) is 7.21. The fraction of sp³-hybridized carbons (Fsp3) is 0.800. The highest BCUT2D eigenvalue weighted by molar-refractivity contribution is 5.88. The highest BCUT2D eigenvalue weighted by Crippen LogP contribution is 2.14. The van der Waals surface area contributed by atoms with E-state index in [1.54, 1.807) is 20.8 Å². The second-order valence-corrected chi connectivity index (χ2v) is 6.34. The summed E-state index contributed by atoms with van der Waals surface area (Å²) < 4.78 is 5.34. The number of hydrogen-bond acceptors (Lipinski definition) is 4. The van der Waals surface area contributed by atoms with Gasteiger partial charge in [-0.25, -0.2) is 4.79 Å². The van der Waals surface area contributed by atoms with Crippen LogP contribution in [0.4, 0.5) is 0 Å². The van der Waals surface area contributed by atoms with Crippen LogP contribution >= 0.6 is 0 Å². The molecule has 0 rings (SSSR count). The second-order valence-electron chi connectivity index (χ2n) is 6.34. The number of rotatable bonds is 6. The number of amides is 2. The van der Waals surface area contributed by atoms with Crippen molar-refractivity contribution in [2.24, 2.45) is 5.92 Å². The van der Waals surface area contributed by atoms with Crippen molar-refractivity contribution in [1.82, 2.24) is 10.2 Å². The lowest BCUT2D eigenvalue weighted by Gasteiger charge is -2.28. The highest BCUT2D eigenvalue weighted by Gasteiger charge is 2.30. The van der Waals surface area contributed by atoms with E-state index in [9.17, 15) is 14.4 Å². The van der Waals surface area contributed by atoms with Crippen LogP contribution in [-0.4, -0.2) is 47.9 Å². The van der Waals surface area contributed by atoms with E-state index >= 15 is 0 Å². The molecule has 0 saturated heterocycles. The third-order valence-electron chi connectivity index (χ3n) is 3.11. The molecular weight excluding hydrogens is 272 g/mol. The van der Waals surface area contributed by atoms with Crippen molar-refractivity contribution in [2.45, 2.75) is 59.6 Å². The summed E-state index contributed by atoms with van der Waals surface area (Å²) in [4.78, 5) is 36.6. The first kappa shape index (κ1) is 19.4. The van der Waals surface area contributed by atoms with E-state index in [4.69, 9.17) is 4.74 Å². The van der Waals surface area contributed by atoms with Gasteiger partial charge in [0.15, 0.2) is 0 Å². The van der Waals surface area contributed by atoms with E-state index in [0.29, 0.717) is 0 Å². The smallest absolute Gasteiger partial charge is 0.329 e. The molecule has 0 aromatic rings. The molecule has 0 fully saturated rings. The maximum Gasteiger partial charge on any atom is 0.329 e. The van der Waals surface area contributed by atoms with Gasteiger partial charge in [-0.1, -0.05) is 20.3 Å². The van der Waals surface area contributed by atoms with Crippen molar-refractivity contribution in [3.63, 3.8) is 0 Å². The minimum absolute atomic E-state index is 0.0496. The van der Waals surface area contributed by atoms with Crippen LogP contribution in [0, 0.1) is 5.92 Å². The molecule has 0 aromatic carbocycles. The van der Waals surface area contributed by atoms with Crippen LogP contribution < -0.4 is 5.32 Å². The monoisotopic (exact) mass is 300 g/mol. The Morgan fingerprint density at radius 3 is 2.14 bits per heavy atom. The molecule has 6 nitrogen and oxygen atoms in total. The molecule has 0 bridgehead atoms. The van der Waals surface area contributed by atoms with Crippen molar-refractivity contribution >= 4 is 17.8 Å². The van der Waals surface area contributed by atoms with Gasteiger partial charge in [-0.2, -0.15) is 0 Å². The number of carbonyl (C=O) groups is 3. The average Bonchev–Trinajstić information content (AvgIpc) is 2.32. The molecule has 122 valence electrons. The molecule has 0 aliphatic heterocycles. The maximum absolute atomic E-state index is 12.2. The van der Waals surface area contributed by atoms with Crippen molar-refractivity contribution in [2.75, 3.05) is 13.6 Å². The first-order chi connectivity index (χ1) is 9.47. The minimum Gasteiger partial charge on any atom is -0.458 e. The van der Waals surface area contributed by atoms with Gasteiger partial charge in [-0.3, -0.25) is 9.59 Å². The van der Waals surface area contributed by atoms with Gasteiger partial charge in [0, 0.05) is 14.0 Å². The third-order valence-corrected chi connectivity index (χ3v) is 3.11. The van der Waals surface area contributed by atoms with Crippen LogP contribution in [0.3, 0.4) is 0 Å². The van der Waals surface area contributed by atoms with Crippen LogP contribution in [0.15, 0.2) is 0 Å². The van der Waals surface area contributed by atoms with Crippen LogP contribution in [0.1, 0.15) is 48.0 Å². The molecule has 0 aliphatic carbocycles. The summed E-state index contributed by atoms with van der Waals surface area (Å²) in [5.74, 6) is -1.08. The van der Waals surface area contributed by atoms with Crippen molar-refractivity contribution < 1.29 is 19.1 Å². The molecule has 0 saturated carbocycles. The summed E-state index contributed by atoms with van der Waals surface area (Å²) in [6.45, 7) is 10.5. The van der Waals surface area contributed by atoms with Crippen molar-refractivity contribution in [3.05, 3.63) is 0 Å². The number of nitrogens with zero attached hydrogens (tertiary/aromatic N) is 1. The molecule has 2 atom stereocenters. The molecule has 2 amide bonds. The molecule has 0 unspecified atom stereocenters. The molecule has 1 N–H and O–H groups in total. The lowest BCUT2D eigenvalue weighted by Crippen LogP contribution is -2.50. The summed E-state index contributed by atoms with van der Waals surface area (Å²) in [6.07, 6.45) is 0.729. The zero-order valence-corrected chi connectivity index (χ0v) is 14.1. The normalized spacial score (nSPS) is 14.0. The lowest BCUT2D eigenvalue weighted by molar-refractivity contribution is -0.160. The Labute approximate surface area is 127 Å². The van der Waals surface area contributed by atoms with Gasteiger partial charge in [0.05, 0.1) is 6.54 Å². The Morgan fingerprint density at radius 2 is 1.76 bits per heavy atom. The van der Waals surface area contributed by atoms with Crippen LogP contribution in [0.5, 0.6) is 0 Å². The standard InChI is InChI=1S/C15H28N2O4/c1-8-10(2)13(14(20)21-15(4,5)6)16-12(19)9-17(7)11(3)18/h10,13H,8-9H2,1-7H3,(H,16,19)/t10-,13-/m0/s1. The number of ether oxygens (including phenoxy) is 1. The van der Waals surface area contributed by atoms with Gasteiger partial charge in [-0.05, 0) is 26.7 Å². The van der Waals surface area contributed by atoms with E-state index in [1.165, 1.54) is 18.9 Å². The lowest BCUT2D eigenvalue weighted by atomic mass is 9.99. The van der Waals surface area contributed by atoms with E-state index < -0.39 is 17.6 Å². The predicted molar refractivity (Wildman–Crippen MR) is 80.5 cm³/mol. The van der Waals surface area contributed by atoms with Gasteiger partial charge < -0.3 is 15.0 Å². The highest BCUT2D eigenvalue weighted by atomic mass is 16.6. The van der Waals surface area contributed by atoms with E-state index in [0.717, 1.165) is 6.42 Å². The molecule has 0 aliphatic rings. The number of likely N-dealkylation sites (N-methyl/N-ethyl adjacent to an activating group) is 1. The van der Waals surface area contributed by atoms with Gasteiger partial charge in [-0.15, -0.1) is 0 Å². The SMILES string of the molecule is CC[C@H](C)[C@H](NC(=O)CN(C)C(C)=O)C(=O)OC(C)(C)C. The number of hydrogen-bond donors (Lipinski definition) is 1. The minimum atomic E-state index is -0.706. The van der Waals surface area contributed by atoms with E-state index in [1.807, 2.05) is 13.8 Å². The van der Waals surface area contributed by atoms with Gasteiger partial charge in [0.25, 0.3) is 0 Å². The predicted octanol–water partition coefficient (Wildman–Crippen LogP) is 1.34. The molecule has 0 radical (unpaired) electrons. The summed E-state index contributed by atoms with van der Waals surface area (Å²) in [5, 5.41) is 2.67. The maximum atomic E-state index is 12.2. The molecule has 6 heteroatoms. The molecule has 0 heterocycles. The molecule has 21 heavy (non-hydrogen) atoms. The zero-order valence-electron chi connectivity index (χ0n) is 14.1. The summed E-state index contributed by atoms with van der Waals surface area (Å²) >= 11 is 0. The largest absolute Gasteiger partial charge is 0.458 e. The average molecular weight is 300 g/mol.